The van der Waals surface area contributed by atoms with Crippen molar-refractivity contribution in [3.05, 3.63) is 82.2 Å². The van der Waals surface area contributed by atoms with Gasteiger partial charge in [0.05, 0.1) is 25.4 Å². The first-order valence-corrected chi connectivity index (χ1v) is 10.1. The fraction of sp³-hybridized carbons (Fsp3) is 0.125. The summed E-state index contributed by atoms with van der Waals surface area (Å²) < 4.78 is 11.8. The van der Waals surface area contributed by atoms with Crippen LogP contribution in [0.5, 0.6) is 11.5 Å². The second-order valence-electron chi connectivity index (χ2n) is 7.01. The summed E-state index contributed by atoms with van der Waals surface area (Å²) in [5.74, 6) is 0.671. The summed E-state index contributed by atoms with van der Waals surface area (Å²) in [5.41, 5.74) is 1.82. The normalized spacial score (nSPS) is 10.7. The zero-order chi connectivity index (χ0) is 22.7. The van der Waals surface area contributed by atoms with Crippen LogP contribution < -0.4 is 20.5 Å². The SMILES string of the molecule is COc1cc(NC(=O)Cn2c(=O)nc(-c3ccccc3)c3cc(Cl)ccc32)cc(OC)c1. The number of halogens is 1. The maximum absolute atomic E-state index is 12.9. The number of methoxy groups -OCH3 is 2. The highest BCUT2D eigenvalue weighted by Crippen LogP contribution is 2.28. The number of fused-ring (bicyclic) bond motifs is 1. The van der Waals surface area contributed by atoms with E-state index in [1.165, 1.54) is 18.8 Å². The molecule has 0 bridgehead atoms. The molecule has 0 aliphatic rings. The molecule has 4 rings (SSSR count). The van der Waals surface area contributed by atoms with Crippen LogP contribution in [-0.2, 0) is 11.3 Å². The second kappa shape index (κ2) is 9.11. The Hall–Kier alpha value is -3.84. The van der Waals surface area contributed by atoms with Gasteiger partial charge in [-0.2, -0.15) is 4.98 Å². The van der Waals surface area contributed by atoms with Crippen LogP contribution in [0.15, 0.2) is 71.5 Å². The lowest BCUT2D eigenvalue weighted by molar-refractivity contribution is -0.116. The van der Waals surface area contributed by atoms with Gasteiger partial charge in [0.15, 0.2) is 0 Å². The van der Waals surface area contributed by atoms with E-state index in [-0.39, 0.29) is 6.54 Å². The summed E-state index contributed by atoms with van der Waals surface area (Å²) in [6.45, 7) is -0.224. The Morgan fingerprint density at radius 1 is 1.00 bits per heavy atom. The van der Waals surface area contributed by atoms with Crippen molar-refractivity contribution in [1.29, 1.82) is 0 Å². The van der Waals surface area contributed by atoms with Crippen molar-refractivity contribution in [3.8, 4) is 22.8 Å². The average Bonchev–Trinajstić information content (AvgIpc) is 2.80. The molecule has 3 aromatic carbocycles. The third-order valence-corrected chi connectivity index (χ3v) is 5.16. The van der Waals surface area contributed by atoms with Gasteiger partial charge in [-0.15, -0.1) is 0 Å². The van der Waals surface area contributed by atoms with Crippen molar-refractivity contribution < 1.29 is 14.3 Å². The third kappa shape index (κ3) is 4.43. The molecule has 8 heteroatoms. The van der Waals surface area contributed by atoms with Gasteiger partial charge in [-0.05, 0) is 18.2 Å². The van der Waals surface area contributed by atoms with Gasteiger partial charge in [0.2, 0.25) is 5.91 Å². The Morgan fingerprint density at radius 2 is 1.69 bits per heavy atom. The number of carbonyl (C=O) groups excluding carboxylic acids is 1. The number of hydrogen-bond acceptors (Lipinski definition) is 5. The molecule has 0 aliphatic carbocycles. The highest BCUT2D eigenvalue weighted by Gasteiger charge is 2.15. The first-order chi connectivity index (χ1) is 15.5. The van der Waals surface area contributed by atoms with E-state index < -0.39 is 11.6 Å². The molecule has 4 aromatic rings. The molecule has 1 N–H and O–H groups in total. The van der Waals surface area contributed by atoms with Crippen LogP contribution in [0.25, 0.3) is 22.2 Å². The number of amides is 1. The van der Waals surface area contributed by atoms with Gasteiger partial charge in [-0.25, -0.2) is 4.79 Å². The summed E-state index contributed by atoms with van der Waals surface area (Å²) in [6, 6.07) is 19.5. The van der Waals surface area contributed by atoms with E-state index in [9.17, 15) is 9.59 Å². The number of anilines is 1. The van der Waals surface area contributed by atoms with E-state index in [4.69, 9.17) is 21.1 Å². The molecule has 0 spiro atoms. The Balaban J connectivity index is 1.72. The summed E-state index contributed by atoms with van der Waals surface area (Å²) in [7, 11) is 3.05. The molecule has 1 amide bonds. The van der Waals surface area contributed by atoms with Gasteiger partial charge in [-0.3, -0.25) is 9.36 Å². The van der Waals surface area contributed by atoms with Crippen molar-refractivity contribution >= 4 is 34.1 Å². The quantitative estimate of drug-likeness (QED) is 0.472. The van der Waals surface area contributed by atoms with E-state index >= 15 is 0 Å². The van der Waals surface area contributed by atoms with Crippen LogP contribution in [0, 0.1) is 0 Å². The number of nitrogens with one attached hydrogen (secondary N) is 1. The highest BCUT2D eigenvalue weighted by molar-refractivity contribution is 6.31. The van der Waals surface area contributed by atoms with Crippen molar-refractivity contribution in [3.63, 3.8) is 0 Å². The van der Waals surface area contributed by atoms with Crippen molar-refractivity contribution in [2.45, 2.75) is 6.54 Å². The molecule has 1 aromatic heterocycles. The number of rotatable bonds is 6. The lowest BCUT2D eigenvalue weighted by atomic mass is 10.1. The largest absolute Gasteiger partial charge is 0.497 e. The molecule has 0 unspecified atom stereocenters. The smallest absolute Gasteiger partial charge is 0.349 e. The summed E-state index contributed by atoms with van der Waals surface area (Å²) in [5, 5.41) is 3.97. The number of aromatic nitrogens is 2. The number of ether oxygens (including phenoxy) is 2. The third-order valence-electron chi connectivity index (χ3n) is 4.93. The Kier molecular flexibility index (Phi) is 6.09. The first kappa shape index (κ1) is 21.4. The van der Waals surface area contributed by atoms with Gasteiger partial charge in [0.1, 0.15) is 18.0 Å². The minimum Gasteiger partial charge on any atom is -0.497 e. The van der Waals surface area contributed by atoms with Crippen LogP contribution in [0.1, 0.15) is 0 Å². The van der Waals surface area contributed by atoms with Gasteiger partial charge in [-0.1, -0.05) is 41.9 Å². The number of hydrogen-bond donors (Lipinski definition) is 1. The molecule has 32 heavy (non-hydrogen) atoms. The molecule has 0 saturated carbocycles. The van der Waals surface area contributed by atoms with Crippen molar-refractivity contribution in [1.82, 2.24) is 9.55 Å². The number of nitrogens with zero attached hydrogens (tertiary/aromatic N) is 2. The fourth-order valence-electron chi connectivity index (χ4n) is 3.45. The monoisotopic (exact) mass is 449 g/mol. The summed E-state index contributed by atoms with van der Waals surface area (Å²) in [6.07, 6.45) is 0. The molecule has 0 radical (unpaired) electrons. The topological polar surface area (TPSA) is 82.5 Å². The van der Waals surface area contributed by atoms with Crippen LogP contribution in [0.2, 0.25) is 5.02 Å². The van der Waals surface area contributed by atoms with E-state index in [0.717, 1.165) is 5.56 Å². The molecular weight excluding hydrogens is 430 g/mol. The van der Waals surface area contributed by atoms with Gasteiger partial charge in [0.25, 0.3) is 0 Å². The lowest BCUT2D eigenvalue weighted by Crippen LogP contribution is -2.30. The van der Waals surface area contributed by atoms with Gasteiger partial charge < -0.3 is 14.8 Å². The minimum atomic E-state index is -0.531. The van der Waals surface area contributed by atoms with Gasteiger partial charge >= 0.3 is 5.69 Å². The zero-order valence-electron chi connectivity index (χ0n) is 17.5. The minimum absolute atomic E-state index is 0.224. The Bertz CT molecular complexity index is 1330. The summed E-state index contributed by atoms with van der Waals surface area (Å²) in [4.78, 5) is 29.9. The summed E-state index contributed by atoms with van der Waals surface area (Å²) >= 11 is 6.22. The predicted molar refractivity (Wildman–Crippen MR) is 125 cm³/mol. The molecule has 0 saturated heterocycles. The van der Waals surface area contributed by atoms with Crippen molar-refractivity contribution in [2.24, 2.45) is 0 Å². The van der Waals surface area contributed by atoms with Crippen LogP contribution in [0.4, 0.5) is 5.69 Å². The van der Waals surface area contributed by atoms with Crippen LogP contribution in [-0.4, -0.2) is 29.7 Å². The van der Waals surface area contributed by atoms with Gasteiger partial charge in [0, 0.05) is 39.9 Å². The lowest BCUT2D eigenvalue weighted by Gasteiger charge is -2.14. The van der Waals surface area contributed by atoms with E-state index in [1.54, 1.807) is 36.4 Å². The predicted octanol–water partition coefficient (Wildman–Crippen LogP) is 4.37. The molecule has 1 heterocycles. The average molecular weight is 450 g/mol. The van der Waals surface area contributed by atoms with E-state index in [1.807, 2.05) is 30.3 Å². The van der Waals surface area contributed by atoms with E-state index in [0.29, 0.717) is 38.8 Å². The first-order valence-electron chi connectivity index (χ1n) is 9.77. The fourth-order valence-corrected chi connectivity index (χ4v) is 3.62. The molecular formula is C24H20ClN3O4. The molecule has 162 valence electrons. The Labute approximate surface area is 189 Å². The zero-order valence-corrected chi connectivity index (χ0v) is 18.2. The maximum atomic E-state index is 12.9. The number of benzene rings is 3. The van der Waals surface area contributed by atoms with Crippen molar-refractivity contribution in [2.75, 3.05) is 19.5 Å². The Morgan fingerprint density at radius 3 is 2.34 bits per heavy atom. The van der Waals surface area contributed by atoms with E-state index in [2.05, 4.69) is 10.3 Å². The standard InChI is InChI=1S/C24H20ClN3O4/c1-31-18-11-17(12-19(13-18)32-2)26-22(29)14-28-21-9-8-16(25)10-20(21)23(27-24(28)30)15-6-4-3-5-7-15/h3-13H,14H2,1-2H3,(H,26,29). The second-order valence-corrected chi connectivity index (χ2v) is 7.44. The number of carbonyl (C=O) groups is 1. The highest BCUT2D eigenvalue weighted by atomic mass is 35.5. The van der Waals surface area contributed by atoms with Crippen LogP contribution in [0.3, 0.4) is 0 Å². The van der Waals surface area contributed by atoms with Crippen LogP contribution >= 0.6 is 11.6 Å². The molecule has 0 aliphatic heterocycles. The molecule has 0 fully saturated rings. The maximum Gasteiger partial charge on any atom is 0.349 e. The molecule has 0 atom stereocenters. The molecule has 7 nitrogen and oxygen atoms in total.